The first kappa shape index (κ1) is 15.8. The molecule has 0 bridgehead atoms. The first-order chi connectivity index (χ1) is 11.5. The van der Waals surface area contributed by atoms with Gasteiger partial charge >= 0.3 is 6.09 Å². The second-order valence-electron chi connectivity index (χ2n) is 7.12. The minimum atomic E-state index is -0.430. The number of methoxy groups -OCH3 is 1. The number of anilines is 1. The van der Waals surface area contributed by atoms with Gasteiger partial charge < -0.3 is 9.64 Å². The quantitative estimate of drug-likeness (QED) is 0.656. The number of benzene rings is 1. The number of carbonyl (C=O) groups excluding carboxylic acids is 1. The van der Waals surface area contributed by atoms with E-state index in [1.54, 1.807) is 0 Å². The van der Waals surface area contributed by atoms with E-state index in [-0.39, 0.29) is 11.5 Å². The number of rotatable bonds is 0. The van der Waals surface area contributed by atoms with Crippen molar-refractivity contribution < 1.29 is 9.53 Å². The van der Waals surface area contributed by atoms with Gasteiger partial charge in [0.2, 0.25) is 0 Å². The van der Waals surface area contributed by atoms with E-state index in [0.717, 1.165) is 42.8 Å². The van der Waals surface area contributed by atoms with E-state index < -0.39 is 5.66 Å². The maximum atomic E-state index is 12.6. The van der Waals surface area contributed by atoms with E-state index in [1.165, 1.54) is 18.2 Å². The standard InChI is InChI=1S/C19H23ClN2O2/c1-13-6-4-5-9-19-18(13,10-11-22(19)17(23)24-3)15-12-14(20)7-8-16(15)21(19)2/h7-8,12H,1,4-6,9-11H2,2-3H3/t18-,19+/m0/s1. The molecule has 1 aliphatic carbocycles. The lowest BCUT2D eigenvalue weighted by atomic mass is 9.67. The number of amides is 1. The van der Waals surface area contributed by atoms with Crippen molar-refractivity contribution in [2.45, 2.75) is 43.2 Å². The van der Waals surface area contributed by atoms with Crippen molar-refractivity contribution in [2.24, 2.45) is 0 Å². The average molecular weight is 347 g/mol. The first-order valence-corrected chi connectivity index (χ1v) is 8.94. The summed E-state index contributed by atoms with van der Waals surface area (Å²) in [5.74, 6) is 0. The van der Waals surface area contributed by atoms with Crippen LogP contribution in [0.25, 0.3) is 0 Å². The summed E-state index contributed by atoms with van der Waals surface area (Å²) in [7, 11) is 3.55. The molecule has 0 unspecified atom stereocenters. The summed E-state index contributed by atoms with van der Waals surface area (Å²) in [6, 6.07) is 6.08. The Morgan fingerprint density at radius 3 is 2.88 bits per heavy atom. The predicted molar refractivity (Wildman–Crippen MR) is 95.6 cm³/mol. The Labute approximate surface area is 148 Å². The Balaban J connectivity index is 2.02. The van der Waals surface area contributed by atoms with Gasteiger partial charge in [-0.25, -0.2) is 4.79 Å². The summed E-state index contributed by atoms with van der Waals surface area (Å²) < 4.78 is 5.13. The SMILES string of the molecule is C=C1CCCC[C@@]23N(C(=O)OC)CC[C@@]12c1cc(Cl)ccc1N3C. The lowest BCUT2D eigenvalue weighted by Crippen LogP contribution is -2.63. The molecule has 2 atom stereocenters. The van der Waals surface area contributed by atoms with Crippen molar-refractivity contribution in [1.29, 1.82) is 0 Å². The normalized spacial score (nSPS) is 31.4. The minimum absolute atomic E-state index is 0.252. The maximum absolute atomic E-state index is 12.6. The van der Waals surface area contributed by atoms with Crippen LogP contribution in [0.15, 0.2) is 30.4 Å². The fourth-order valence-electron chi connectivity index (χ4n) is 5.50. The molecule has 5 heteroatoms. The molecule has 2 aliphatic heterocycles. The number of ether oxygens (including phenoxy) is 1. The molecule has 128 valence electrons. The van der Waals surface area contributed by atoms with Crippen molar-refractivity contribution in [3.05, 3.63) is 40.9 Å². The number of nitrogens with zero attached hydrogens (tertiary/aromatic N) is 2. The fourth-order valence-corrected chi connectivity index (χ4v) is 5.67. The molecule has 3 aliphatic rings. The Morgan fingerprint density at radius 2 is 2.12 bits per heavy atom. The summed E-state index contributed by atoms with van der Waals surface area (Å²) in [5.41, 5.74) is 2.90. The highest BCUT2D eigenvalue weighted by Crippen LogP contribution is 2.64. The zero-order valence-electron chi connectivity index (χ0n) is 14.3. The molecule has 2 fully saturated rings. The third-order valence-electron chi connectivity index (χ3n) is 6.43. The van der Waals surface area contributed by atoms with E-state index >= 15 is 0 Å². The lowest BCUT2D eigenvalue weighted by Gasteiger charge is -2.49. The summed E-state index contributed by atoms with van der Waals surface area (Å²) >= 11 is 6.35. The second-order valence-corrected chi connectivity index (χ2v) is 7.56. The van der Waals surface area contributed by atoms with Gasteiger partial charge in [0.25, 0.3) is 0 Å². The third kappa shape index (κ3) is 1.62. The number of halogens is 1. The molecular formula is C19H23ClN2O2. The van der Waals surface area contributed by atoms with E-state index in [0.29, 0.717) is 6.54 Å². The van der Waals surface area contributed by atoms with Gasteiger partial charge in [0.15, 0.2) is 0 Å². The van der Waals surface area contributed by atoms with Crippen LogP contribution in [0.1, 0.15) is 37.7 Å². The minimum Gasteiger partial charge on any atom is -0.453 e. The number of hydrogen-bond donors (Lipinski definition) is 0. The van der Waals surface area contributed by atoms with E-state index in [2.05, 4.69) is 30.7 Å². The number of hydrogen-bond acceptors (Lipinski definition) is 3. The van der Waals surface area contributed by atoms with Gasteiger partial charge in [-0.1, -0.05) is 23.8 Å². The molecule has 1 aromatic rings. The molecule has 2 heterocycles. The molecule has 0 N–H and O–H groups in total. The van der Waals surface area contributed by atoms with Crippen LogP contribution < -0.4 is 4.90 Å². The Hall–Kier alpha value is -1.68. The van der Waals surface area contributed by atoms with Gasteiger partial charge in [-0.05, 0) is 55.9 Å². The van der Waals surface area contributed by atoms with Crippen molar-refractivity contribution in [2.75, 3.05) is 25.6 Å². The number of fused-ring (bicyclic) bond motifs is 1. The Bertz CT molecular complexity index is 734. The second kappa shape index (κ2) is 5.16. The van der Waals surface area contributed by atoms with Crippen LogP contribution in [0.4, 0.5) is 10.5 Å². The van der Waals surface area contributed by atoms with Gasteiger partial charge in [-0.15, -0.1) is 0 Å². The van der Waals surface area contributed by atoms with Gasteiger partial charge in [-0.2, -0.15) is 0 Å². The molecule has 1 saturated heterocycles. The van der Waals surface area contributed by atoms with Crippen LogP contribution in [0.3, 0.4) is 0 Å². The van der Waals surface area contributed by atoms with Gasteiger partial charge in [0, 0.05) is 24.3 Å². The van der Waals surface area contributed by atoms with Crippen LogP contribution in [0, 0.1) is 0 Å². The van der Waals surface area contributed by atoms with E-state index in [9.17, 15) is 4.79 Å². The summed E-state index contributed by atoms with van der Waals surface area (Å²) in [5, 5.41) is 0.737. The smallest absolute Gasteiger partial charge is 0.411 e. The van der Waals surface area contributed by atoms with Crippen LogP contribution in [-0.4, -0.2) is 37.4 Å². The zero-order chi connectivity index (χ0) is 17.1. The van der Waals surface area contributed by atoms with Crippen LogP contribution in [0.2, 0.25) is 5.02 Å². The summed E-state index contributed by atoms with van der Waals surface area (Å²) in [4.78, 5) is 16.8. The third-order valence-corrected chi connectivity index (χ3v) is 6.66. The maximum Gasteiger partial charge on any atom is 0.411 e. The molecule has 1 aromatic carbocycles. The molecule has 24 heavy (non-hydrogen) atoms. The van der Waals surface area contributed by atoms with Gasteiger partial charge in [-0.3, -0.25) is 4.90 Å². The van der Waals surface area contributed by atoms with Crippen molar-refractivity contribution in [1.82, 2.24) is 4.90 Å². The molecule has 1 amide bonds. The monoisotopic (exact) mass is 346 g/mol. The highest BCUT2D eigenvalue weighted by Gasteiger charge is 2.69. The molecule has 4 nitrogen and oxygen atoms in total. The highest BCUT2D eigenvalue weighted by molar-refractivity contribution is 6.30. The van der Waals surface area contributed by atoms with Crippen LogP contribution in [0.5, 0.6) is 0 Å². The Kier molecular flexibility index (Phi) is 3.40. The van der Waals surface area contributed by atoms with Gasteiger partial charge in [0.1, 0.15) is 5.66 Å². The van der Waals surface area contributed by atoms with E-state index in [1.807, 2.05) is 11.0 Å². The predicted octanol–water partition coefficient (Wildman–Crippen LogP) is 4.33. The highest BCUT2D eigenvalue weighted by atomic mass is 35.5. The van der Waals surface area contributed by atoms with E-state index in [4.69, 9.17) is 16.3 Å². The molecule has 0 radical (unpaired) electrons. The number of likely N-dealkylation sites (N-methyl/N-ethyl adjacent to an activating group) is 1. The summed E-state index contributed by atoms with van der Waals surface area (Å²) in [6.45, 7) is 5.16. The molecule has 1 saturated carbocycles. The molecule has 0 spiro atoms. The fraction of sp³-hybridized carbons (Fsp3) is 0.526. The van der Waals surface area contributed by atoms with Crippen molar-refractivity contribution in [3.63, 3.8) is 0 Å². The molecule has 0 aromatic heterocycles. The van der Waals surface area contributed by atoms with Gasteiger partial charge in [0.05, 0.1) is 12.5 Å². The number of carbonyl (C=O) groups is 1. The van der Waals surface area contributed by atoms with Crippen LogP contribution >= 0.6 is 11.6 Å². The largest absolute Gasteiger partial charge is 0.453 e. The Morgan fingerprint density at radius 1 is 1.33 bits per heavy atom. The topological polar surface area (TPSA) is 32.8 Å². The van der Waals surface area contributed by atoms with Crippen molar-refractivity contribution >= 4 is 23.4 Å². The summed E-state index contributed by atoms with van der Waals surface area (Å²) in [6.07, 6.45) is 4.72. The molecular weight excluding hydrogens is 324 g/mol. The van der Waals surface area contributed by atoms with Crippen molar-refractivity contribution in [3.8, 4) is 0 Å². The average Bonchev–Trinajstić information content (AvgIpc) is 2.96. The zero-order valence-corrected chi connectivity index (χ0v) is 15.0. The molecule has 4 rings (SSSR count). The van der Waals surface area contributed by atoms with Crippen LogP contribution in [-0.2, 0) is 10.2 Å². The number of likely N-dealkylation sites (tertiary alicyclic amines) is 1. The first-order valence-electron chi connectivity index (χ1n) is 8.57. The lowest BCUT2D eigenvalue weighted by molar-refractivity contribution is 0.0683.